The van der Waals surface area contributed by atoms with Gasteiger partial charge >= 0.3 is 0 Å². The summed E-state index contributed by atoms with van der Waals surface area (Å²) in [6.07, 6.45) is 7.15. The van der Waals surface area contributed by atoms with E-state index in [-0.39, 0.29) is 6.61 Å². The zero-order chi connectivity index (χ0) is 38.6. The van der Waals surface area contributed by atoms with Crippen molar-refractivity contribution in [2.45, 2.75) is 78.4 Å². The van der Waals surface area contributed by atoms with Crippen LogP contribution in [0.1, 0.15) is 77.7 Å². The number of hydrogen-bond acceptors (Lipinski definition) is 8. The van der Waals surface area contributed by atoms with Crippen LogP contribution in [0.2, 0.25) is 5.02 Å². The SMILES string of the molecule is Cc1c(COc2cc(OCc3cncc(C#N)c3)c(CN3CCCC[C@H]3C)cc2Cl)cccc1-c1cccc(OCCCNC[C@@H](O)c2ccccc2)c1C. The zero-order valence-corrected chi connectivity index (χ0v) is 32.8. The Labute approximate surface area is 330 Å². The third-order valence-electron chi connectivity index (χ3n) is 10.4. The number of piperidine rings is 1. The van der Waals surface area contributed by atoms with Gasteiger partial charge in [-0.15, -0.1) is 0 Å². The summed E-state index contributed by atoms with van der Waals surface area (Å²) in [5.74, 6) is 2.12. The van der Waals surface area contributed by atoms with E-state index < -0.39 is 6.10 Å². The van der Waals surface area contributed by atoms with Crippen LogP contribution in [0.5, 0.6) is 17.2 Å². The number of halogens is 1. The minimum atomic E-state index is -0.531. The van der Waals surface area contributed by atoms with Gasteiger partial charge in [0.05, 0.1) is 23.3 Å². The fourth-order valence-corrected chi connectivity index (χ4v) is 7.35. The van der Waals surface area contributed by atoms with Gasteiger partial charge in [-0.25, -0.2) is 0 Å². The smallest absolute Gasteiger partial charge is 0.142 e. The lowest BCUT2D eigenvalue weighted by atomic mass is 9.93. The molecule has 2 N–H and O–H groups in total. The van der Waals surface area contributed by atoms with E-state index in [2.05, 4.69) is 66.3 Å². The highest BCUT2D eigenvalue weighted by Gasteiger charge is 2.22. The molecule has 0 saturated carbocycles. The summed E-state index contributed by atoms with van der Waals surface area (Å²) in [7, 11) is 0. The summed E-state index contributed by atoms with van der Waals surface area (Å²) in [5, 5.41) is 23.6. The Kier molecular flexibility index (Phi) is 14.2. The van der Waals surface area contributed by atoms with Crippen molar-refractivity contribution in [3.63, 3.8) is 0 Å². The van der Waals surface area contributed by atoms with Gasteiger partial charge in [0.1, 0.15) is 36.5 Å². The Bertz CT molecular complexity index is 2070. The van der Waals surface area contributed by atoms with E-state index in [0.29, 0.717) is 47.9 Å². The van der Waals surface area contributed by atoms with E-state index in [4.69, 9.17) is 25.8 Å². The fourth-order valence-electron chi connectivity index (χ4n) is 7.11. The van der Waals surface area contributed by atoms with Gasteiger partial charge in [-0.3, -0.25) is 9.88 Å². The number of nitrogens with zero attached hydrogens (tertiary/aromatic N) is 3. The predicted octanol–water partition coefficient (Wildman–Crippen LogP) is 9.52. The maximum absolute atomic E-state index is 10.4. The average molecular weight is 759 g/mol. The molecule has 0 bridgehead atoms. The summed E-state index contributed by atoms with van der Waals surface area (Å²) < 4.78 is 19.1. The summed E-state index contributed by atoms with van der Waals surface area (Å²) >= 11 is 6.92. The Morgan fingerprint density at radius 2 is 1.65 bits per heavy atom. The molecule has 1 fully saturated rings. The number of rotatable bonds is 17. The molecule has 6 rings (SSSR count). The van der Waals surface area contributed by atoms with Crippen LogP contribution in [0.25, 0.3) is 11.1 Å². The molecule has 5 aromatic rings. The van der Waals surface area contributed by atoms with Crippen LogP contribution in [0.3, 0.4) is 0 Å². The molecule has 0 aliphatic carbocycles. The number of nitrogens with one attached hydrogen (secondary N) is 1. The minimum Gasteiger partial charge on any atom is -0.493 e. The van der Waals surface area contributed by atoms with Crippen molar-refractivity contribution >= 4 is 11.6 Å². The molecular formula is C46H51ClN4O4. The van der Waals surface area contributed by atoms with Gasteiger partial charge in [-0.2, -0.15) is 5.26 Å². The molecule has 0 radical (unpaired) electrons. The van der Waals surface area contributed by atoms with E-state index >= 15 is 0 Å². The highest BCUT2D eigenvalue weighted by molar-refractivity contribution is 6.32. The summed E-state index contributed by atoms with van der Waals surface area (Å²) in [4.78, 5) is 6.68. The Balaban J connectivity index is 1.11. The van der Waals surface area contributed by atoms with Crippen LogP contribution in [0.4, 0.5) is 0 Å². The number of likely N-dealkylation sites (tertiary alicyclic amines) is 1. The Morgan fingerprint density at radius 1 is 0.873 bits per heavy atom. The first-order valence-electron chi connectivity index (χ1n) is 19.2. The lowest BCUT2D eigenvalue weighted by Gasteiger charge is -2.33. The molecule has 2 atom stereocenters. The van der Waals surface area contributed by atoms with Crippen LogP contribution in [0.15, 0.2) is 97.3 Å². The first-order valence-corrected chi connectivity index (χ1v) is 19.6. The zero-order valence-electron chi connectivity index (χ0n) is 32.1. The topological polar surface area (TPSA) is 99.9 Å². The van der Waals surface area contributed by atoms with Crippen LogP contribution in [-0.2, 0) is 19.8 Å². The molecule has 2 heterocycles. The van der Waals surface area contributed by atoms with Gasteiger partial charge < -0.3 is 24.6 Å². The van der Waals surface area contributed by atoms with Crippen molar-refractivity contribution in [2.75, 3.05) is 26.2 Å². The number of aromatic nitrogens is 1. The molecule has 286 valence electrons. The third kappa shape index (κ3) is 10.7. The predicted molar refractivity (Wildman–Crippen MR) is 219 cm³/mol. The van der Waals surface area contributed by atoms with Gasteiger partial charge in [-0.05, 0) is 105 Å². The number of aliphatic hydroxyl groups is 1. The molecule has 1 aliphatic rings. The van der Waals surface area contributed by atoms with E-state index in [0.717, 1.165) is 76.3 Å². The summed E-state index contributed by atoms with van der Waals surface area (Å²) in [6, 6.07) is 30.5. The van der Waals surface area contributed by atoms with Gasteiger partial charge in [0.25, 0.3) is 0 Å². The van der Waals surface area contributed by atoms with Crippen LogP contribution >= 0.6 is 11.6 Å². The summed E-state index contributed by atoms with van der Waals surface area (Å²) in [5.41, 5.74) is 8.71. The fraction of sp³-hybridized carbons (Fsp3) is 0.348. The molecule has 0 spiro atoms. The first kappa shape index (κ1) is 39.8. The average Bonchev–Trinajstić information content (AvgIpc) is 3.20. The maximum Gasteiger partial charge on any atom is 0.142 e. The molecule has 55 heavy (non-hydrogen) atoms. The van der Waals surface area contributed by atoms with Crippen molar-refractivity contribution in [3.05, 3.63) is 141 Å². The quantitative estimate of drug-likeness (QED) is 0.0906. The van der Waals surface area contributed by atoms with Crippen molar-refractivity contribution in [3.8, 4) is 34.4 Å². The molecule has 9 heteroatoms. The van der Waals surface area contributed by atoms with Gasteiger partial charge in [0, 0.05) is 48.7 Å². The highest BCUT2D eigenvalue weighted by Crippen LogP contribution is 2.37. The molecule has 0 unspecified atom stereocenters. The van der Waals surface area contributed by atoms with E-state index in [1.807, 2.05) is 54.6 Å². The second-order valence-electron chi connectivity index (χ2n) is 14.3. The minimum absolute atomic E-state index is 0.269. The van der Waals surface area contributed by atoms with Crippen molar-refractivity contribution in [1.82, 2.24) is 15.2 Å². The van der Waals surface area contributed by atoms with Crippen molar-refractivity contribution < 1.29 is 19.3 Å². The molecule has 8 nitrogen and oxygen atoms in total. The number of pyridine rings is 1. The molecule has 1 aliphatic heterocycles. The molecule has 1 saturated heterocycles. The van der Waals surface area contributed by atoms with E-state index in [1.165, 1.54) is 19.3 Å². The van der Waals surface area contributed by atoms with Crippen molar-refractivity contribution in [2.24, 2.45) is 0 Å². The number of ether oxygens (including phenoxy) is 3. The van der Waals surface area contributed by atoms with Crippen molar-refractivity contribution in [1.29, 1.82) is 5.26 Å². The number of aliphatic hydroxyl groups excluding tert-OH is 1. The second-order valence-corrected chi connectivity index (χ2v) is 14.7. The first-order chi connectivity index (χ1) is 26.8. The monoisotopic (exact) mass is 758 g/mol. The van der Waals surface area contributed by atoms with E-state index in [1.54, 1.807) is 18.5 Å². The normalized spacial score (nSPS) is 14.9. The largest absolute Gasteiger partial charge is 0.493 e. The van der Waals surface area contributed by atoms with Gasteiger partial charge in [0.2, 0.25) is 0 Å². The van der Waals surface area contributed by atoms with Gasteiger partial charge in [-0.1, -0.05) is 78.7 Å². The number of nitriles is 1. The molecule has 1 aromatic heterocycles. The number of benzene rings is 4. The lowest BCUT2D eigenvalue weighted by Crippen LogP contribution is -2.36. The molecular weight excluding hydrogens is 708 g/mol. The number of hydrogen-bond donors (Lipinski definition) is 2. The van der Waals surface area contributed by atoms with E-state index in [9.17, 15) is 10.4 Å². The third-order valence-corrected chi connectivity index (χ3v) is 10.7. The lowest BCUT2D eigenvalue weighted by molar-refractivity contribution is 0.150. The van der Waals surface area contributed by atoms with Crippen LogP contribution in [0, 0.1) is 25.2 Å². The Hall–Kier alpha value is -4.91. The van der Waals surface area contributed by atoms with Gasteiger partial charge in [0.15, 0.2) is 0 Å². The molecule has 4 aromatic carbocycles. The Morgan fingerprint density at radius 3 is 2.45 bits per heavy atom. The second kappa shape index (κ2) is 19.6. The maximum atomic E-state index is 10.4. The molecule has 0 amide bonds. The summed E-state index contributed by atoms with van der Waals surface area (Å²) in [6.45, 7) is 10.7. The van der Waals surface area contributed by atoms with Crippen LogP contribution < -0.4 is 19.5 Å². The highest BCUT2D eigenvalue weighted by atomic mass is 35.5. The van der Waals surface area contributed by atoms with Crippen LogP contribution in [-0.4, -0.2) is 47.3 Å². The standard InChI is InChI=1S/C46H51ClN4O4/c1-32-12-7-8-20-51(32)29-39-23-42(47)46(24-45(39)54-30-36-22-35(25-48)26-50-27-36)55-31-38-15-9-16-40(33(38)2)41-17-10-18-44(34(41)3)53-21-11-19-49-28-43(52)37-13-5-4-6-14-37/h4-6,9-10,13-18,22-24,26-27,32,43,49,52H,7-8,11-12,19-21,28-31H2,1-3H3/t32-,43-/m1/s1.